The third kappa shape index (κ3) is 4.21. The first-order valence-corrected chi connectivity index (χ1v) is 17.7. The lowest BCUT2D eigenvalue weighted by Gasteiger charge is -2.41. The van der Waals surface area contributed by atoms with Gasteiger partial charge in [0.2, 0.25) is 0 Å². The summed E-state index contributed by atoms with van der Waals surface area (Å²) in [5.41, 5.74) is 13.5. The second kappa shape index (κ2) is 11.1. The molecule has 0 unspecified atom stereocenters. The monoisotopic (exact) mass is 641 g/mol. The van der Waals surface area contributed by atoms with Gasteiger partial charge in [-0.05, 0) is 110 Å². The Morgan fingerprint density at radius 1 is 0.367 bits per heavy atom. The lowest BCUT2D eigenvalue weighted by Crippen LogP contribution is -2.32. The average Bonchev–Trinajstić information content (AvgIpc) is 3.46. The van der Waals surface area contributed by atoms with Crippen LogP contribution in [-0.4, -0.2) is 0 Å². The van der Waals surface area contributed by atoms with Crippen molar-refractivity contribution in [2.24, 2.45) is 0 Å². The molecule has 0 saturated heterocycles. The van der Waals surface area contributed by atoms with Crippen molar-refractivity contribution in [3.05, 3.63) is 210 Å². The van der Waals surface area contributed by atoms with Crippen LogP contribution < -0.4 is 4.90 Å². The van der Waals surface area contributed by atoms with Gasteiger partial charge in [-0.25, -0.2) is 0 Å². The first-order valence-electron chi connectivity index (χ1n) is 16.9. The Morgan fingerprint density at radius 3 is 1.51 bits per heavy atom. The van der Waals surface area contributed by atoms with E-state index >= 15 is 0 Å². The van der Waals surface area contributed by atoms with Crippen LogP contribution in [0.4, 0.5) is 17.1 Å². The van der Waals surface area contributed by atoms with Gasteiger partial charge in [0.15, 0.2) is 0 Å². The van der Waals surface area contributed by atoms with Gasteiger partial charge in [0, 0.05) is 26.9 Å². The van der Waals surface area contributed by atoms with Crippen LogP contribution in [0.5, 0.6) is 0 Å². The number of rotatable bonds is 4. The molecular weight excluding hydrogens is 611 g/mol. The van der Waals surface area contributed by atoms with E-state index < -0.39 is 5.41 Å². The second-order valence-corrected chi connectivity index (χ2v) is 14.0. The quantitative estimate of drug-likeness (QED) is 0.188. The van der Waals surface area contributed by atoms with Crippen molar-refractivity contribution >= 4 is 39.6 Å². The first-order chi connectivity index (χ1) is 24.3. The van der Waals surface area contributed by atoms with Crippen LogP contribution in [0.3, 0.4) is 0 Å². The van der Waals surface area contributed by atoms with E-state index in [0.717, 1.165) is 17.1 Å². The Labute approximate surface area is 291 Å². The van der Waals surface area contributed by atoms with Crippen molar-refractivity contribution in [2.45, 2.75) is 15.2 Å². The number of hydrogen-bond donors (Lipinski definition) is 0. The second-order valence-electron chi connectivity index (χ2n) is 12.9. The van der Waals surface area contributed by atoms with Gasteiger partial charge < -0.3 is 4.90 Å². The van der Waals surface area contributed by atoms with E-state index in [2.05, 4.69) is 193 Å². The molecule has 49 heavy (non-hydrogen) atoms. The molecule has 0 fully saturated rings. The highest BCUT2D eigenvalue weighted by Gasteiger charge is 2.51. The van der Waals surface area contributed by atoms with E-state index in [1.54, 1.807) is 0 Å². The third-order valence-corrected chi connectivity index (χ3v) is 11.4. The van der Waals surface area contributed by atoms with E-state index in [-0.39, 0.29) is 0 Å². The maximum atomic E-state index is 2.47. The zero-order chi connectivity index (χ0) is 32.4. The van der Waals surface area contributed by atoms with Crippen molar-refractivity contribution < 1.29 is 0 Å². The molecule has 0 N–H and O–H groups in total. The summed E-state index contributed by atoms with van der Waals surface area (Å²) in [5.74, 6) is 0. The molecule has 1 aliphatic carbocycles. The molecule has 0 saturated carbocycles. The summed E-state index contributed by atoms with van der Waals surface area (Å²) in [7, 11) is 0. The molecule has 0 aromatic heterocycles. The Balaban J connectivity index is 1.22. The van der Waals surface area contributed by atoms with Crippen LogP contribution in [-0.2, 0) is 5.41 Å². The molecule has 0 bridgehead atoms. The highest BCUT2D eigenvalue weighted by Crippen LogP contribution is 2.64. The molecule has 8 aromatic rings. The molecule has 1 aliphatic heterocycles. The molecule has 1 nitrogen and oxygen atoms in total. The molecule has 0 amide bonds. The van der Waals surface area contributed by atoms with Crippen LogP contribution in [0.2, 0.25) is 0 Å². The van der Waals surface area contributed by atoms with E-state index in [1.807, 2.05) is 11.8 Å². The van der Waals surface area contributed by atoms with Crippen molar-refractivity contribution in [2.75, 3.05) is 4.90 Å². The summed E-state index contributed by atoms with van der Waals surface area (Å²) in [6.07, 6.45) is 0. The van der Waals surface area contributed by atoms with E-state index in [4.69, 9.17) is 0 Å². The fourth-order valence-corrected chi connectivity index (χ4v) is 9.54. The largest absolute Gasteiger partial charge is 0.311 e. The van der Waals surface area contributed by atoms with Gasteiger partial charge in [0.25, 0.3) is 0 Å². The number of para-hydroxylation sites is 2. The predicted molar refractivity (Wildman–Crippen MR) is 205 cm³/mol. The summed E-state index contributed by atoms with van der Waals surface area (Å²) in [6.45, 7) is 0. The Hall–Kier alpha value is -5.83. The van der Waals surface area contributed by atoms with E-state index in [9.17, 15) is 0 Å². The lowest BCUT2D eigenvalue weighted by molar-refractivity contribution is 0.726. The number of hydrogen-bond acceptors (Lipinski definition) is 2. The highest BCUT2D eigenvalue weighted by atomic mass is 32.2. The van der Waals surface area contributed by atoms with Crippen LogP contribution in [0, 0.1) is 0 Å². The van der Waals surface area contributed by atoms with Gasteiger partial charge in [-0.2, -0.15) is 0 Å². The Kier molecular flexibility index (Phi) is 6.40. The number of benzene rings is 8. The van der Waals surface area contributed by atoms with Crippen molar-refractivity contribution in [1.29, 1.82) is 0 Å². The smallest absolute Gasteiger partial charge is 0.0741 e. The van der Waals surface area contributed by atoms with Gasteiger partial charge in [0.05, 0.1) is 5.41 Å². The molecule has 0 atom stereocenters. The SMILES string of the molecule is c1ccc(N(c2ccccc2)c2ccc(-c3cccc4c3C3(c5cc6ccccc6cc5S4)c4ccccc4-c4ccccc43)cc2)cc1. The molecule has 0 radical (unpaired) electrons. The minimum absolute atomic E-state index is 0.456. The molecule has 10 rings (SSSR count). The first kappa shape index (κ1) is 28.2. The van der Waals surface area contributed by atoms with Crippen molar-refractivity contribution in [1.82, 2.24) is 0 Å². The molecule has 2 heteroatoms. The maximum Gasteiger partial charge on any atom is 0.0741 e. The topological polar surface area (TPSA) is 3.24 Å². The minimum atomic E-state index is -0.456. The Morgan fingerprint density at radius 2 is 0.878 bits per heavy atom. The normalized spacial score (nSPS) is 13.4. The molecular formula is C47H31NS. The molecule has 230 valence electrons. The van der Waals surface area contributed by atoms with E-state index in [1.165, 1.54) is 65.1 Å². The number of nitrogens with zero attached hydrogens (tertiary/aromatic N) is 1. The fourth-order valence-electron chi connectivity index (χ4n) is 8.28. The summed E-state index contributed by atoms with van der Waals surface area (Å²) in [4.78, 5) is 4.96. The lowest BCUT2D eigenvalue weighted by atomic mass is 9.65. The van der Waals surface area contributed by atoms with Crippen LogP contribution in [0.15, 0.2) is 198 Å². The van der Waals surface area contributed by atoms with Gasteiger partial charge >= 0.3 is 0 Å². The summed E-state index contributed by atoms with van der Waals surface area (Å²) in [6, 6.07) is 69.1. The van der Waals surface area contributed by atoms with Gasteiger partial charge in [-0.1, -0.05) is 145 Å². The third-order valence-electron chi connectivity index (χ3n) is 10.3. The summed E-state index contributed by atoms with van der Waals surface area (Å²) in [5, 5.41) is 2.55. The maximum absolute atomic E-state index is 2.47. The van der Waals surface area contributed by atoms with Crippen LogP contribution in [0.1, 0.15) is 22.3 Å². The molecule has 8 aromatic carbocycles. The molecule has 2 aliphatic rings. The van der Waals surface area contributed by atoms with Crippen molar-refractivity contribution in [3.8, 4) is 22.3 Å². The van der Waals surface area contributed by atoms with Gasteiger partial charge in [-0.3, -0.25) is 0 Å². The van der Waals surface area contributed by atoms with E-state index in [0.29, 0.717) is 0 Å². The standard InChI is InChI=1S/C47H31NS/c1-3-16-35(17-4-1)48(36-18-5-2-6-19-36)37-28-26-32(27-29-37)38-22-13-25-44-46(38)47(43-30-33-14-7-8-15-34(33)31-45(43)49-44)41-23-11-9-20-39(41)40-21-10-12-24-42(40)47/h1-31H. The predicted octanol–water partition coefficient (Wildman–Crippen LogP) is 12.8. The van der Waals surface area contributed by atoms with Crippen molar-refractivity contribution in [3.63, 3.8) is 0 Å². The van der Waals surface area contributed by atoms with Crippen LogP contribution >= 0.6 is 11.8 Å². The Bertz CT molecular complexity index is 2430. The average molecular weight is 642 g/mol. The van der Waals surface area contributed by atoms with Crippen LogP contribution in [0.25, 0.3) is 33.0 Å². The fraction of sp³-hybridized carbons (Fsp3) is 0.0213. The number of anilines is 3. The molecule has 1 heterocycles. The summed E-state index contributed by atoms with van der Waals surface area (Å²) < 4.78 is 0. The molecule has 1 spiro atoms. The highest BCUT2D eigenvalue weighted by molar-refractivity contribution is 7.99. The number of fused-ring (bicyclic) bond motifs is 10. The van der Waals surface area contributed by atoms with Gasteiger partial charge in [-0.15, -0.1) is 0 Å². The zero-order valence-electron chi connectivity index (χ0n) is 26.8. The zero-order valence-corrected chi connectivity index (χ0v) is 27.6. The van der Waals surface area contributed by atoms with Gasteiger partial charge in [0.1, 0.15) is 0 Å². The summed E-state index contributed by atoms with van der Waals surface area (Å²) >= 11 is 1.91. The minimum Gasteiger partial charge on any atom is -0.311 e.